The highest BCUT2D eigenvalue weighted by atomic mass is 79.9. The molecular weight excluding hydrogens is 245 g/mol. The maximum atomic E-state index is 13.6. The average molecular weight is 258 g/mol. The molecule has 14 heavy (non-hydrogen) atoms. The van der Waals surface area contributed by atoms with Gasteiger partial charge in [0.2, 0.25) is 0 Å². The Kier molecular flexibility index (Phi) is 3.19. The van der Waals surface area contributed by atoms with Gasteiger partial charge in [-0.1, -0.05) is 28.4 Å². The molecule has 1 aromatic carbocycles. The van der Waals surface area contributed by atoms with Gasteiger partial charge in [0.05, 0.1) is 0 Å². The summed E-state index contributed by atoms with van der Waals surface area (Å²) >= 11 is 3.26. The number of benzene rings is 1. The van der Waals surface area contributed by atoms with Crippen molar-refractivity contribution in [2.75, 3.05) is 6.54 Å². The van der Waals surface area contributed by atoms with E-state index in [0.29, 0.717) is 0 Å². The van der Waals surface area contributed by atoms with Gasteiger partial charge in [-0.05, 0) is 31.5 Å². The summed E-state index contributed by atoms with van der Waals surface area (Å²) in [7, 11) is 0. The van der Waals surface area contributed by atoms with Crippen molar-refractivity contribution in [2.45, 2.75) is 25.3 Å². The van der Waals surface area contributed by atoms with E-state index >= 15 is 0 Å². The molecule has 0 unspecified atom stereocenters. The molecule has 0 amide bonds. The summed E-state index contributed by atoms with van der Waals surface area (Å²) in [6, 6.07) is 5.50. The molecule has 0 aromatic heterocycles. The second kappa shape index (κ2) is 4.41. The van der Waals surface area contributed by atoms with Crippen LogP contribution in [0, 0.1) is 5.82 Å². The maximum absolute atomic E-state index is 13.6. The molecule has 1 aromatic rings. The predicted molar refractivity (Wildman–Crippen MR) is 58.7 cm³/mol. The van der Waals surface area contributed by atoms with Gasteiger partial charge in [-0.3, -0.25) is 0 Å². The third kappa shape index (κ3) is 2.15. The molecule has 0 saturated carbocycles. The van der Waals surface area contributed by atoms with E-state index < -0.39 is 0 Å². The first-order valence-corrected chi connectivity index (χ1v) is 5.75. The van der Waals surface area contributed by atoms with Crippen LogP contribution < -0.4 is 5.32 Å². The fourth-order valence-corrected chi connectivity index (χ4v) is 2.23. The lowest BCUT2D eigenvalue weighted by atomic mass is 9.97. The first kappa shape index (κ1) is 10.1. The van der Waals surface area contributed by atoms with Crippen molar-refractivity contribution in [3.63, 3.8) is 0 Å². The quantitative estimate of drug-likeness (QED) is 0.814. The molecule has 1 aliphatic heterocycles. The highest BCUT2D eigenvalue weighted by Gasteiger charge is 2.17. The van der Waals surface area contributed by atoms with Gasteiger partial charge < -0.3 is 5.32 Å². The van der Waals surface area contributed by atoms with Crippen LogP contribution in [0.1, 0.15) is 30.9 Å². The Labute approximate surface area is 91.8 Å². The lowest BCUT2D eigenvalue weighted by Crippen LogP contribution is -2.27. The molecule has 0 spiro atoms. The number of halogens is 2. The lowest BCUT2D eigenvalue weighted by Gasteiger charge is -2.24. The van der Waals surface area contributed by atoms with Crippen molar-refractivity contribution in [3.8, 4) is 0 Å². The summed E-state index contributed by atoms with van der Waals surface area (Å²) in [6.45, 7) is 1.00. The average Bonchev–Trinajstić information content (AvgIpc) is 2.19. The van der Waals surface area contributed by atoms with Gasteiger partial charge in [-0.15, -0.1) is 0 Å². The molecule has 76 valence electrons. The van der Waals surface area contributed by atoms with Crippen LogP contribution in [-0.4, -0.2) is 6.54 Å². The molecule has 1 atom stereocenters. The number of rotatable bonds is 1. The third-order valence-corrected chi connectivity index (χ3v) is 3.14. The number of nitrogens with one attached hydrogen (secondary N) is 1. The van der Waals surface area contributed by atoms with Gasteiger partial charge >= 0.3 is 0 Å². The van der Waals surface area contributed by atoms with Crippen molar-refractivity contribution in [1.29, 1.82) is 0 Å². The highest BCUT2D eigenvalue weighted by molar-refractivity contribution is 9.10. The molecule has 1 fully saturated rings. The summed E-state index contributed by atoms with van der Waals surface area (Å²) in [5, 5.41) is 3.34. The van der Waals surface area contributed by atoms with Crippen LogP contribution in [-0.2, 0) is 0 Å². The molecule has 1 aliphatic rings. The standard InChI is InChI=1S/C11H13BrFN/c12-8-4-5-9(10(13)7-8)11-3-1-2-6-14-11/h4-5,7,11,14H,1-3,6H2/t11-/m0/s1. The number of hydrogen-bond acceptors (Lipinski definition) is 1. The molecule has 0 aliphatic carbocycles. The van der Waals surface area contributed by atoms with Crippen molar-refractivity contribution < 1.29 is 4.39 Å². The van der Waals surface area contributed by atoms with Crippen molar-refractivity contribution in [2.24, 2.45) is 0 Å². The lowest BCUT2D eigenvalue weighted by molar-refractivity contribution is 0.400. The highest BCUT2D eigenvalue weighted by Crippen LogP contribution is 2.26. The molecule has 3 heteroatoms. The zero-order chi connectivity index (χ0) is 9.97. The van der Waals surface area contributed by atoms with E-state index in [4.69, 9.17) is 0 Å². The van der Waals surface area contributed by atoms with Crippen molar-refractivity contribution in [3.05, 3.63) is 34.1 Å². The normalized spacial score (nSPS) is 22.3. The Bertz CT molecular complexity index is 321. The summed E-state index contributed by atoms with van der Waals surface area (Å²) in [5.74, 6) is -0.112. The predicted octanol–water partition coefficient (Wildman–Crippen LogP) is 3.40. The summed E-state index contributed by atoms with van der Waals surface area (Å²) in [5.41, 5.74) is 0.799. The minimum Gasteiger partial charge on any atom is -0.310 e. The number of piperidine rings is 1. The van der Waals surface area contributed by atoms with Crippen LogP contribution in [0.5, 0.6) is 0 Å². The molecule has 1 nitrogen and oxygen atoms in total. The SMILES string of the molecule is Fc1cc(Br)ccc1[C@@H]1CCCCN1. The largest absolute Gasteiger partial charge is 0.310 e. The van der Waals surface area contributed by atoms with Gasteiger partial charge in [0, 0.05) is 16.1 Å². The first-order valence-electron chi connectivity index (χ1n) is 4.96. The smallest absolute Gasteiger partial charge is 0.129 e. The number of hydrogen-bond donors (Lipinski definition) is 1. The van der Waals surface area contributed by atoms with E-state index in [-0.39, 0.29) is 11.9 Å². The second-order valence-corrected chi connectivity index (χ2v) is 4.58. The Morgan fingerprint density at radius 3 is 2.86 bits per heavy atom. The third-order valence-electron chi connectivity index (χ3n) is 2.65. The Morgan fingerprint density at radius 1 is 1.36 bits per heavy atom. The maximum Gasteiger partial charge on any atom is 0.129 e. The molecule has 1 saturated heterocycles. The summed E-state index contributed by atoms with van der Waals surface area (Å²) in [6.07, 6.45) is 3.43. The fraction of sp³-hybridized carbons (Fsp3) is 0.455. The van der Waals surface area contributed by atoms with Crippen molar-refractivity contribution in [1.82, 2.24) is 5.32 Å². The fourth-order valence-electron chi connectivity index (χ4n) is 1.90. The second-order valence-electron chi connectivity index (χ2n) is 3.67. The van der Waals surface area contributed by atoms with Gasteiger partial charge in [0.1, 0.15) is 5.82 Å². The van der Waals surface area contributed by atoms with Crippen LogP contribution >= 0.6 is 15.9 Å². The summed E-state index contributed by atoms with van der Waals surface area (Å²) in [4.78, 5) is 0. The Balaban J connectivity index is 2.22. The summed E-state index contributed by atoms with van der Waals surface area (Å²) < 4.78 is 14.4. The van der Waals surface area contributed by atoms with Crippen LogP contribution in [0.25, 0.3) is 0 Å². The Morgan fingerprint density at radius 2 is 2.21 bits per heavy atom. The Hall–Kier alpha value is -0.410. The minimum absolute atomic E-state index is 0.112. The van der Waals surface area contributed by atoms with E-state index in [0.717, 1.165) is 23.0 Å². The van der Waals surface area contributed by atoms with Crippen molar-refractivity contribution >= 4 is 15.9 Å². The van der Waals surface area contributed by atoms with E-state index in [9.17, 15) is 4.39 Å². The van der Waals surface area contributed by atoms with Crippen LogP contribution in [0.2, 0.25) is 0 Å². The van der Waals surface area contributed by atoms with E-state index in [1.165, 1.54) is 18.9 Å². The zero-order valence-electron chi connectivity index (χ0n) is 7.89. The molecule has 1 heterocycles. The monoisotopic (exact) mass is 257 g/mol. The zero-order valence-corrected chi connectivity index (χ0v) is 9.48. The molecule has 1 N–H and O–H groups in total. The molecule has 0 radical (unpaired) electrons. The molecule has 0 bridgehead atoms. The van der Waals surface area contributed by atoms with Gasteiger partial charge in [0.25, 0.3) is 0 Å². The van der Waals surface area contributed by atoms with Crippen LogP contribution in [0.3, 0.4) is 0 Å². The molecule has 2 rings (SSSR count). The topological polar surface area (TPSA) is 12.0 Å². The van der Waals surface area contributed by atoms with Crippen LogP contribution in [0.4, 0.5) is 4.39 Å². The van der Waals surface area contributed by atoms with E-state index in [1.54, 1.807) is 0 Å². The van der Waals surface area contributed by atoms with E-state index in [1.807, 2.05) is 12.1 Å². The minimum atomic E-state index is -0.112. The van der Waals surface area contributed by atoms with Gasteiger partial charge in [-0.2, -0.15) is 0 Å². The van der Waals surface area contributed by atoms with Gasteiger partial charge in [0.15, 0.2) is 0 Å². The molecular formula is C11H13BrFN. The van der Waals surface area contributed by atoms with Crippen LogP contribution in [0.15, 0.2) is 22.7 Å². The first-order chi connectivity index (χ1) is 6.77. The van der Waals surface area contributed by atoms with Gasteiger partial charge in [-0.25, -0.2) is 4.39 Å². The van der Waals surface area contributed by atoms with E-state index in [2.05, 4.69) is 21.2 Å².